The molecule has 170 valence electrons. The third-order valence-electron chi connectivity index (χ3n) is 6.68. The molecular weight excluding hydrogens is 454 g/mol. The molecule has 0 bridgehead atoms. The van der Waals surface area contributed by atoms with Gasteiger partial charge in [0.15, 0.2) is 0 Å². The van der Waals surface area contributed by atoms with E-state index in [-0.39, 0.29) is 17.9 Å². The lowest BCUT2D eigenvalue weighted by molar-refractivity contribution is -0.134. The van der Waals surface area contributed by atoms with Crippen LogP contribution in [0.15, 0.2) is 72.1 Å². The van der Waals surface area contributed by atoms with E-state index in [9.17, 15) is 9.59 Å². The molecule has 33 heavy (non-hydrogen) atoms. The molecule has 1 atom stereocenters. The van der Waals surface area contributed by atoms with E-state index in [1.54, 1.807) is 6.07 Å². The van der Waals surface area contributed by atoms with E-state index >= 15 is 0 Å². The fraction of sp³-hybridized carbons (Fsp3) is 0.308. The van der Waals surface area contributed by atoms with Crippen molar-refractivity contribution >= 4 is 34.8 Å². The zero-order valence-corrected chi connectivity index (χ0v) is 19.8. The lowest BCUT2D eigenvalue weighted by Gasteiger charge is -2.44. The van der Waals surface area contributed by atoms with Gasteiger partial charge in [0.05, 0.1) is 16.7 Å². The highest BCUT2D eigenvalue weighted by Gasteiger charge is 2.51. The van der Waals surface area contributed by atoms with Crippen LogP contribution >= 0.6 is 22.9 Å². The zero-order chi connectivity index (χ0) is 22.8. The maximum Gasteiger partial charge on any atom is 0.265 e. The lowest BCUT2D eigenvalue weighted by Crippen LogP contribution is -2.59. The number of halogens is 1. The van der Waals surface area contributed by atoms with E-state index in [1.807, 2.05) is 51.6 Å². The normalized spacial score (nSPS) is 19.9. The summed E-state index contributed by atoms with van der Waals surface area (Å²) in [4.78, 5) is 31.0. The molecule has 7 heteroatoms. The number of nitrogens with zero attached hydrogens (tertiary/aromatic N) is 2. The third kappa shape index (κ3) is 4.43. The van der Waals surface area contributed by atoms with Gasteiger partial charge < -0.3 is 9.80 Å². The number of hydrogen-bond donors (Lipinski definition) is 1. The molecule has 0 saturated carbocycles. The van der Waals surface area contributed by atoms with Crippen molar-refractivity contribution in [2.45, 2.75) is 37.5 Å². The smallest absolute Gasteiger partial charge is 0.265 e. The summed E-state index contributed by atoms with van der Waals surface area (Å²) in [5.74, 6) is 0.105. The van der Waals surface area contributed by atoms with E-state index in [2.05, 4.69) is 29.6 Å². The number of rotatable bonds is 5. The number of carbonyl (C=O) groups is 2. The first-order valence-corrected chi connectivity index (χ1v) is 12.5. The Bertz CT molecular complexity index is 1130. The van der Waals surface area contributed by atoms with Crippen molar-refractivity contribution in [3.05, 3.63) is 93.1 Å². The molecule has 2 saturated heterocycles. The van der Waals surface area contributed by atoms with Gasteiger partial charge in [-0.15, -0.1) is 11.3 Å². The molecule has 0 aliphatic carbocycles. The molecule has 2 aliphatic rings. The number of carbonyl (C=O) groups excluding carboxylic acids is 2. The van der Waals surface area contributed by atoms with Crippen molar-refractivity contribution in [3.8, 4) is 0 Å². The summed E-state index contributed by atoms with van der Waals surface area (Å²) in [7, 11) is 0. The predicted octanol–water partition coefficient (Wildman–Crippen LogP) is 4.58. The minimum absolute atomic E-state index is 0.0235. The van der Waals surface area contributed by atoms with Gasteiger partial charge in [-0.25, -0.2) is 0 Å². The van der Waals surface area contributed by atoms with Crippen LogP contribution in [-0.2, 0) is 17.8 Å². The topological polar surface area (TPSA) is 52.7 Å². The second kappa shape index (κ2) is 9.29. The molecule has 2 fully saturated rings. The molecule has 5 nitrogen and oxygen atoms in total. The average molecular weight is 480 g/mol. The van der Waals surface area contributed by atoms with Crippen LogP contribution in [0.1, 0.15) is 33.6 Å². The number of likely N-dealkylation sites (tertiary alicyclic amines) is 1. The van der Waals surface area contributed by atoms with E-state index in [0.29, 0.717) is 48.8 Å². The fourth-order valence-corrected chi connectivity index (χ4v) is 6.03. The SMILES string of the molecule is O=C(c1sccc1Cl)N1CCC2(CC1)NC(Cc1ccccc1)C(=O)N2Cc1ccccc1. The Hall–Kier alpha value is -2.67. The number of hydrogen-bond acceptors (Lipinski definition) is 4. The van der Waals surface area contributed by atoms with Gasteiger partial charge >= 0.3 is 0 Å². The van der Waals surface area contributed by atoms with Crippen LogP contribution < -0.4 is 5.32 Å². The van der Waals surface area contributed by atoms with E-state index < -0.39 is 5.66 Å². The average Bonchev–Trinajstić information content (AvgIpc) is 3.38. The molecule has 3 aromatic rings. The van der Waals surface area contributed by atoms with Gasteiger partial charge in [-0.3, -0.25) is 14.9 Å². The highest BCUT2D eigenvalue weighted by molar-refractivity contribution is 7.12. The van der Waals surface area contributed by atoms with E-state index in [1.165, 1.54) is 11.3 Å². The second-order valence-electron chi connectivity index (χ2n) is 8.72. The highest BCUT2D eigenvalue weighted by Crippen LogP contribution is 2.36. The standard InChI is InChI=1S/C26H26ClN3O2S/c27-21-11-16-33-23(21)25(32)29-14-12-26(13-15-29)28-22(17-19-7-3-1-4-8-19)24(31)30(26)18-20-9-5-2-6-10-20/h1-11,16,22,28H,12-15,17-18H2. The maximum absolute atomic E-state index is 13.6. The van der Waals surface area contributed by atoms with Gasteiger partial charge in [0.2, 0.25) is 5.91 Å². The number of thiophene rings is 1. The summed E-state index contributed by atoms with van der Waals surface area (Å²) in [6, 6.07) is 21.7. The number of amides is 2. The lowest BCUT2D eigenvalue weighted by atomic mass is 9.95. The molecule has 2 aromatic carbocycles. The van der Waals surface area contributed by atoms with Crippen LogP contribution in [0.2, 0.25) is 5.02 Å². The first kappa shape index (κ1) is 22.1. The number of nitrogens with one attached hydrogen (secondary N) is 1. The Labute approximate surface area is 203 Å². The first-order valence-electron chi connectivity index (χ1n) is 11.2. The van der Waals surface area contributed by atoms with Crippen LogP contribution in [0, 0.1) is 0 Å². The molecule has 5 rings (SSSR count). The Morgan fingerprint density at radius 3 is 2.24 bits per heavy atom. The summed E-state index contributed by atoms with van der Waals surface area (Å²) in [5, 5.41) is 6.04. The minimum atomic E-state index is -0.456. The summed E-state index contributed by atoms with van der Waals surface area (Å²) >= 11 is 7.58. The molecule has 1 spiro atoms. The summed E-state index contributed by atoms with van der Waals surface area (Å²) in [5.41, 5.74) is 1.79. The molecule has 0 radical (unpaired) electrons. The molecule has 1 N–H and O–H groups in total. The van der Waals surface area contributed by atoms with Crippen LogP contribution in [0.5, 0.6) is 0 Å². The minimum Gasteiger partial charge on any atom is -0.338 e. The Balaban J connectivity index is 1.37. The predicted molar refractivity (Wildman–Crippen MR) is 131 cm³/mol. The monoisotopic (exact) mass is 479 g/mol. The van der Waals surface area contributed by atoms with Gasteiger partial charge in [-0.1, -0.05) is 72.3 Å². The van der Waals surface area contributed by atoms with Crippen LogP contribution in [0.3, 0.4) is 0 Å². The van der Waals surface area contributed by atoms with Crippen LogP contribution in [-0.4, -0.2) is 46.4 Å². The van der Waals surface area contributed by atoms with Crippen molar-refractivity contribution in [1.82, 2.24) is 15.1 Å². The molecule has 1 unspecified atom stereocenters. The van der Waals surface area contributed by atoms with Crippen molar-refractivity contribution in [2.24, 2.45) is 0 Å². The Morgan fingerprint density at radius 2 is 1.64 bits per heavy atom. The van der Waals surface area contributed by atoms with Crippen molar-refractivity contribution in [3.63, 3.8) is 0 Å². The van der Waals surface area contributed by atoms with Crippen LogP contribution in [0.4, 0.5) is 0 Å². The molecule has 2 aliphatic heterocycles. The molecule has 2 amide bonds. The van der Waals surface area contributed by atoms with Gasteiger partial charge in [0.1, 0.15) is 4.88 Å². The molecule has 1 aromatic heterocycles. The highest BCUT2D eigenvalue weighted by atomic mass is 35.5. The van der Waals surface area contributed by atoms with Crippen molar-refractivity contribution < 1.29 is 9.59 Å². The number of benzene rings is 2. The van der Waals surface area contributed by atoms with Crippen LogP contribution in [0.25, 0.3) is 0 Å². The van der Waals surface area contributed by atoms with Gasteiger partial charge in [-0.2, -0.15) is 0 Å². The van der Waals surface area contributed by atoms with Crippen molar-refractivity contribution in [1.29, 1.82) is 0 Å². The molecule has 3 heterocycles. The van der Waals surface area contributed by atoms with Gasteiger partial charge in [0, 0.05) is 32.5 Å². The zero-order valence-electron chi connectivity index (χ0n) is 18.2. The van der Waals surface area contributed by atoms with Gasteiger partial charge in [-0.05, 0) is 29.0 Å². The summed E-state index contributed by atoms with van der Waals surface area (Å²) in [6.45, 7) is 1.72. The van der Waals surface area contributed by atoms with E-state index in [4.69, 9.17) is 11.6 Å². The van der Waals surface area contributed by atoms with Gasteiger partial charge in [0.25, 0.3) is 5.91 Å². The van der Waals surface area contributed by atoms with E-state index in [0.717, 1.165) is 11.1 Å². The third-order valence-corrected chi connectivity index (χ3v) is 8.01. The Morgan fingerprint density at radius 1 is 1.00 bits per heavy atom. The summed E-state index contributed by atoms with van der Waals surface area (Å²) < 4.78 is 0. The largest absolute Gasteiger partial charge is 0.338 e. The fourth-order valence-electron chi connectivity index (χ4n) is 4.93. The van der Waals surface area contributed by atoms with Crippen molar-refractivity contribution in [2.75, 3.05) is 13.1 Å². The summed E-state index contributed by atoms with van der Waals surface area (Å²) in [6.07, 6.45) is 2.03. The Kier molecular flexibility index (Phi) is 6.23. The maximum atomic E-state index is 13.6. The first-order chi connectivity index (χ1) is 16.1. The second-order valence-corrected chi connectivity index (χ2v) is 10.0. The molecular formula is C26H26ClN3O2S. The quantitative estimate of drug-likeness (QED) is 0.583. The number of piperidine rings is 1.